The molecule has 0 atom stereocenters. The fraction of sp³-hybridized carbons (Fsp3) is 0.0556. The van der Waals surface area contributed by atoms with Gasteiger partial charge in [0.1, 0.15) is 5.15 Å². The number of aromatic nitrogens is 1. The van der Waals surface area contributed by atoms with Gasteiger partial charge in [0.15, 0.2) is 0 Å². The molecule has 3 rings (SSSR count). The van der Waals surface area contributed by atoms with E-state index in [0.29, 0.717) is 5.15 Å². The molecule has 0 radical (unpaired) electrons. The number of aliphatic hydroxyl groups is 1. The molecule has 21 heavy (non-hydrogen) atoms. The maximum atomic E-state index is 8.97. The van der Waals surface area contributed by atoms with Crippen LogP contribution in [0.1, 0.15) is 5.56 Å². The van der Waals surface area contributed by atoms with E-state index in [1.807, 2.05) is 18.2 Å². The Bertz CT molecular complexity index is 811. The fourth-order valence-electron chi connectivity index (χ4n) is 2.39. The van der Waals surface area contributed by atoms with Crippen molar-refractivity contribution in [3.63, 3.8) is 0 Å². The first-order valence-corrected chi connectivity index (χ1v) is 7.08. The van der Waals surface area contributed by atoms with Gasteiger partial charge in [-0.1, -0.05) is 60.2 Å². The third-order valence-electron chi connectivity index (χ3n) is 3.39. The molecule has 0 bridgehead atoms. The number of halogens is 1. The van der Waals surface area contributed by atoms with Crippen LogP contribution in [0.4, 0.5) is 0 Å². The average molecular weight is 296 g/mol. The van der Waals surface area contributed by atoms with Crippen molar-refractivity contribution >= 4 is 28.4 Å². The van der Waals surface area contributed by atoms with E-state index in [9.17, 15) is 0 Å². The lowest BCUT2D eigenvalue weighted by atomic mass is 9.98. The number of nitrogens with zero attached hydrogens (tertiary/aromatic N) is 1. The SMILES string of the molecule is OCC=Cc1c(-c2ccc3ccccc3c2)ccnc1Cl. The monoisotopic (exact) mass is 295 g/mol. The number of aliphatic hydroxyl groups excluding tert-OH is 1. The van der Waals surface area contributed by atoms with Gasteiger partial charge in [-0.2, -0.15) is 0 Å². The third kappa shape index (κ3) is 2.82. The molecule has 2 nitrogen and oxygen atoms in total. The molecule has 0 saturated heterocycles. The minimum Gasteiger partial charge on any atom is -0.392 e. The Hall–Kier alpha value is -2.16. The minimum absolute atomic E-state index is 0.0254. The molecule has 1 heterocycles. The maximum absolute atomic E-state index is 8.97. The second kappa shape index (κ2) is 6.08. The molecule has 0 fully saturated rings. The molecule has 1 aromatic heterocycles. The van der Waals surface area contributed by atoms with Crippen LogP contribution in [-0.2, 0) is 0 Å². The van der Waals surface area contributed by atoms with Crippen molar-refractivity contribution in [2.24, 2.45) is 0 Å². The summed E-state index contributed by atoms with van der Waals surface area (Å²) in [6.45, 7) is -0.0254. The van der Waals surface area contributed by atoms with Crippen LogP contribution in [0.2, 0.25) is 5.15 Å². The molecule has 0 aliphatic heterocycles. The minimum atomic E-state index is -0.0254. The van der Waals surface area contributed by atoms with Gasteiger partial charge in [-0.05, 0) is 34.0 Å². The number of rotatable bonds is 3. The number of fused-ring (bicyclic) bond motifs is 1. The first kappa shape index (κ1) is 13.8. The van der Waals surface area contributed by atoms with Gasteiger partial charge in [-0.3, -0.25) is 0 Å². The normalized spacial score (nSPS) is 11.3. The van der Waals surface area contributed by atoms with E-state index in [-0.39, 0.29) is 6.61 Å². The van der Waals surface area contributed by atoms with Gasteiger partial charge < -0.3 is 5.11 Å². The van der Waals surface area contributed by atoms with Crippen LogP contribution in [0.5, 0.6) is 0 Å². The fourth-order valence-corrected chi connectivity index (χ4v) is 2.61. The molecule has 2 aromatic carbocycles. The van der Waals surface area contributed by atoms with Gasteiger partial charge in [0.25, 0.3) is 0 Å². The van der Waals surface area contributed by atoms with Crippen molar-refractivity contribution in [1.29, 1.82) is 0 Å². The third-order valence-corrected chi connectivity index (χ3v) is 3.69. The zero-order valence-corrected chi connectivity index (χ0v) is 12.1. The zero-order chi connectivity index (χ0) is 14.7. The second-order valence-corrected chi connectivity index (χ2v) is 5.07. The summed E-state index contributed by atoms with van der Waals surface area (Å²) in [5, 5.41) is 11.8. The lowest BCUT2D eigenvalue weighted by molar-refractivity contribution is 0.343. The van der Waals surface area contributed by atoms with Crippen LogP contribution in [-0.4, -0.2) is 16.7 Å². The highest BCUT2D eigenvalue weighted by Gasteiger charge is 2.08. The smallest absolute Gasteiger partial charge is 0.136 e. The van der Waals surface area contributed by atoms with Crippen molar-refractivity contribution in [3.8, 4) is 11.1 Å². The van der Waals surface area contributed by atoms with E-state index in [2.05, 4.69) is 35.3 Å². The Morgan fingerprint density at radius 2 is 1.86 bits per heavy atom. The summed E-state index contributed by atoms with van der Waals surface area (Å²) in [4.78, 5) is 4.11. The molecule has 104 valence electrons. The van der Waals surface area contributed by atoms with E-state index < -0.39 is 0 Å². The van der Waals surface area contributed by atoms with Gasteiger partial charge in [-0.15, -0.1) is 0 Å². The number of benzene rings is 2. The highest BCUT2D eigenvalue weighted by molar-refractivity contribution is 6.31. The van der Waals surface area contributed by atoms with Crippen LogP contribution in [0, 0.1) is 0 Å². The molecule has 3 aromatic rings. The summed E-state index contributed by atoms with van der Waals surface area (Å²) < 4.78 is 0. The molecule has 0 unspecified atom stereocenters. The number of hydrogen-bond donors (Lipinski definition) is 1. The highest BCUT2D eigenvalue weighted by Crippen LogP contribution is 2.30. The van der Waals surface area contributed by atoms with E-state index >= 15 is 0 Å². The largest absolute Gasteiger partial charge is 0.392 e. The molecular weight excluding hydrogens is 282 g/mol. The summed E-state index contributed by atoms with van der Waals surface area (Å²) in [5.41, 5.74) is 2.91. The van der Waals surface area contributed by atoms with Crippen LogP contribution in [0.15, 0.2) is 60.8 Å². The Morgan fingerprint density at radius 1 is 1.05 bits per heavy atom. The lowest BCUT2D eigenvalue weighted by Crippen LogP contribution is -1.88. The summed E-state index contributed by atoms with van der Waals surface area (Å²) in [6.07, 6.45) is 5.16. The van der Waals surface area contributed by atoms with Crippen LogP contribution < -0.4 is 0 Å². The van der Waals surface area contributed by atoms with Crippen LogP contribution in [0.25, 0.3) is 28.0 Å². The van der Waals surface area contributed by atoms with E-state index in [1.165, 1.54) is 10.8 Å². The van der Waals surface area contributed by atoms with Crippen LogP contribution in [0.3, 0.4) is 0 Å². The first-order chi connectivity index (χ1) is 10.3. The standard InChI is InChI=1S/C18H14ClNO/c19-18-17(6-3-11-21)16(9-10-20-18)15-8-7-13-4-1-2-5-14(13)12-15/h1-10,12,21H,11H2. The topological polar surface area (TPSA) is 33.1 Å². The second-order valence-electron chi connectivity index (χ2n) is 4.71. The predicted molar refractivity (Wildman–Crippen MR) is 88.3 cm³/mol. The van der Waals surface area contributed by atoms with Gasteiger partial charge in [-0.25, -0.2) is 4.98 Å². The molecule has 0 aliphatic carbocycles. The van der Waals surface area contributed by atoms with Crippen molar-refractivity contribution in [2.45, 2.75) is 0 Å². The zero-order valence-electron chi connectivity index (χ0n) is 11.3. The summed E-state index contributed by atoms with van der Waals surface area (Å²) in [5.74, 6) is 0. The van der Waals surface area contributed by atoms with Crippen molar-refractivity contribution in [2.75, 3.05) is 6.61 Å². The molecule has 0 aliphatic rings. The number of pyridine rings is 1. The van der Waals surface area contributed by atoms with Gasteiger partial charge in [0, 0.05) is 11.8 Å². The Morgan fingerprint density at radius 3 is 2.67 bits per heavy atom. The highest BCUT2D eigenvalue weighted by atomic mass is 35.5. The lowest BCUT2D eigenvalue weighted by Gasteiger charge is -2.09. The first-order valence-electron chi connectivity index (χ1n) is 6.70. The predicted octanol–water partition coefficient (Wildman–Crippen LogP) is 4.56. The quantitative estimate of drug-likeness (QED) is 0.719. The van der Waals surface area contributed by atoms with E-state index in [4.69, 9.17) is 16.7 Å². The molecule has 0 amide bonds. The van der Waals surface area contributed by atoms with E-state index in [1.54, 1.807) is 18.3 Å². The Balaban J connectivity index is 2.18. The molecule has 3 heteroatoms. The van der Waals surface area contributed by atoms with Crippen LogP contribution >= 0.6 is 11.6 Å². The maximum Gasteiger partial charge on any atom is 0.136 e. The van der Waals surface area contributed by atoms with Crippen molar-refractivity contribution < 1.29 is 5.11 Å². The summed E-state index contributed by atoms with van der Waals surface area (Å²) in [6, 6.07) is 16.5. The van der Waals surface area contributed by atoms with Crippen molar-refractivity contribution in [1.82, 2.24) is 4.98 Å². The summed E-state index contributed by atoms with van der Waals surface area (Å²) >= 11 is 6.19. The average Bonchev–Trinajstić information content (AvgIpc) is 2.53. The summed E-state index contributed by atoms with van der Waals surface area (Å²) in [7, 11) is 0. The number of hydrogen-bond acceptors (Lipinski definition) is 2. The molecule has 0 saturated carbocycles. The molecule has 1 N–H and O–H groups in total. The van der Waals surface area contributed by atoms with Gasteiger partial charge >= 0.3 is 0 Å². The van der Waals surface area contributed by atoms with Crippen molar-refractivity contribution in [3.05, 3.63) is 71.5 Å². The van der Waals surface area contributed by atoms with E-state index in [0.717, 1.165) is 16.7 Å². The molecule has 0 spiro atoms. The molecular formula is C18H14ClNO. The van der Waals surface area contributed by atoms with Gasteiger partial charge in [0.2, 0.25) is 0 Å². The Kier molecular flexibility index (Phi) is 4.00. The Labute approximate surface area is 128 Å². The van der Waals surface area contributed by atoms with Gasteiger partial charge in [0.05, 0.1) is 6.61 Å².